The Kier molecular flexibility index (Phi) is 4.33. The minimum absolute atomic E-state index is 0.0272. The third kappa shape index (κ3) is 3.57. The molecule has 1 saturated carbocycles. The number of halogens is 3. The van der Waals surface area contributed by atoms with Gasteiger partial charge in [-0.15, -0.1) is 5.10 Å². The van der Waals surface area contributed by atoms with Crippen LogP contribution in [0.5, 0.6) is 0 Å². The molecule has 0 unspecified atom stereocenters. The SMILES string of the molecule is O=C(Cn1nc(-c2ccco2)n(C2CC2)c1=O)Nc1ccc(C(F)(F)F)cc1. The van der Waals surface area contributed by atoms with E-state index in [0.29, 0.717) is 11.6 Å². The summed E-state index contributed by atoms with van der Waals surface area (Å²) in [6.45, 7) is -0.368. The average Bonchev–Trinajstić information content (AvgIpc) is 3.21. The Bertz CT molecular complexity index is 1050. The van der Waals surface area contributed by atoms with E-state index < -0.39 is 23.3 Å². The van der Waals surface area contributed by atoms with Gasteiger partial charge in [-0.1, -0.05) is 0 Å². The highest BCUT2D eigenvalue weighted by Gasteiger charge is 2.32. The molecule has 7 nitrogen and oxygen atoms in total. The van der Waals surface area contributed by atoms with E-state index in [9.17, 15) is 22.8 Å². The number of hydrogen-bond acceptors (Lipinski definition) is 4. The van der Waals surface area contributed by atoms with Gasteiger partial charge in [0, 0.05) is 11.7 Å². The van der Waals surface area contributed by atoms with Crippen molar-refractivity contribution in [2.45, 2.75) is 31.6 Å². The Morgan fingerprint density at radius 3 is 2.50 bits per heavy atom. The molecule has 1 fully saturated rings. The summed E-state index contributed by atoms with van der Waals surface area (Å²) < 4.78 is 45.6. The molecule has 0 atom stereocenters. The van der Waals surface area contributed by atoms with Crippen molar-refractivity contribution in [1.82, 2.24) is 14.3 Å². The normalized spacial score (nSPS) is 14.2. The van der Waals surface area contributed by atoms with E-state index in [2.05, 4.69) is 10.4 Å². The van der Waals surface area contributed by atoms with E-state index >= 15 is 0 Å². The first-order chi connectivity index (χ1) is 13.3. The van der Waals surface area contributed by atoms with Crippen molar-refractivity contribution in [2.24, 2.45) is 0 Å². The minimum atomic E-state index is -4.45. The van der Waals surface area contributed by atoms with Crippen molar-refractivity contribution >= 4 is 11.6 Å². The van der Waals surface area contributed by atoms with Gasteiger partial charge in [-0.05, 0) is 49.2 Å². The van der Waals surface area contributed by atoms with Gasteiger partial charge in [0.15, 0.2) is 5.76 Å². The Hall–Kier alpha value is -3.30. The summed E-state index contributed by atoms with van der Waals surface area (Å²) in [5.74, 6) is 0.194. The second-order valence-corrected chi connectivity index (χ2v) is 6.47. The Morgan fingerprint density at radius 1 is 1.21 bits per heavy atom. The molecule has 28 heavy (non-hydrogen) atoms. The third-order valence-electron chi connectivity index (χ3n) is 4.31. The van der Waals surface area contributed by atoms with Crippen LogP contribution in [-0.4, -0.2) is 20.3 Å². The molecule has 146 valence electrons. The first-order valence-corrected chi connectivity index (χ1v) is 8.53. The predicted molar refractivity (Wildman–Crippen MR) is 92.5 cm³/mol. The van der Waals surface area contributed by atoms with E-state index in [0.717, 1.165) is 41.8 Å². The molecule has 0 saturated heterocycles. The van der Waals surface area contributed by atoms with E-state index in [1.165, 1.54) is 10.8 Å². The van der Waals surface area contributed by atoms with Crippen LogP contribution in [0.2, 0.25) is 0 Å². The number of carbonyl (C=O) groups excluding carboxylic acids is 1. The number of aromatic nitrogens is 3. The van der Waals surface area contributed by atoms with Crippen molar-refractivity contribution < 1.29 is 22.4 Å². The van der Waals surface area contributed by atoms with Gasteiger partial charge in [0.25, 0.3) is 0 Å². The summed E-state index contributed by atoms with van der Waals surface area (Å²) in [6, 6.07) is 7.43. The first-order valence-electron chi connectivity index (χ1n) is 8.53. The summed E-state index contributed by atoms with van der Waals surface area (Å²) in [7, 11) is 0. The van der Waals surface area contributed by atoms with Crippen molar-refractivity contribution in [1.29, 1.82) is 0 Å². The molecule has 1 aliphatic rings. The average molecular weight is 392 g/mol. The lowest BCUT2D eigenvalue weighted by atomic mass is 10.2. The van der Waals surface area contributed by atoms with Crippen LogP contribution >= 0.6 is 0 Å². The number of amides is 1. The summed E-state index contributed by atoms with van der Waals surface area (Å²) in [5.41, 5.74) is -1.05. The fraction of sp³-hybridized carbons (Fsp3) is 0.278. The van der Waals surface area contributed by atoms with Crippen molar-refractivity contribution in [3.8, 4) is 11.6 Å². The highest BCUT2D eigenvalue weighted by Crippen LogP contribution is 2.36. The van der Waals surface area contributed by atoms with Crippen LogP contribution in [0.4, 0.5) is 18.9 Å². The molecule has 4 rings (SSSR count). The van der Waals surface area contributed by atoms with E-state index in [4.69, 9.17) is 4.42 Å². The fourth-order valence-corrected chi connectivity index (χ4v) is 2.84. The van der Waals surface area contributed by atoms with E-state index in [-0.39, 0.29) is 18.3 Å². The maximum absolute atomic E-state index is 12.6. The molecule has 1 N–H and O–H groups in total. The number of rotatable bonds is 5. The maximum atomic E-state index is 12.6. The van der Waals surface area contributed by atoms with E-state index in [1.807, 2.05) is 0 Å². The molecule has 0 bridgehead atoms. The second-order valence-electron chi connectivity index (χ2n) is 6.47. The van der Waals surface area contributed by atoms with Gasteiger partial charge in [-0.25, -0.2) is 9.48 Å². The highest BCUT2D eigenvalue weighted by atomic mass is 19.4. The van der Waals surface area contributed by atoms with Crippen LogP contribution < -0.4 is 11.0 Å². The molecule has 3 aromatic rings. The van der Waals surface area contributed by atoms with Crippen molar-refractivity contribution in [3.05, 3.63) is 58.7 Å². The third-order valence-corrected chi connectivity index (χ3v) is 4.31. The van der Waals surface area contributed by atoms with Crippen LogP contribution in [-0.2, 0) is 17.5 Å². The van der Waals surface area contributed by atoms with E-state index in [1.54, 1.807) is 12.1 Å². The lowest BCUT2D eigenvalue weighted by molar-refractivity contribution is -0.137. The Labute approximate surface area is 156 Å². The van der Waals surface area contributed by atoms with Crippen LogP contribution in [0, 0.1) is 0 Å². The fourth-order valence-electron chi connectivity index (χ4n) is 2.84. The van der Waals surface area contributed by atoms with Gasteiger partial charge in [-0.2, -0.15) is 13.2 Å². The molecule has 1 aliphatic carbocycles. The number of hydrogen-bond donors (Lipinski definition) is 1. The Morgan fingerprint density at radius 2 is 1.93 bits per heavy atom. The zero-order valence-electron chi connectivity index (χ0n) is 14.4. The van der Waals surface area contributed by atoms with Gasteiger partial charge in [-0.3, -0.25) is 9.36 Å². The van der Waals surface area contributed by atoms with Gasteiger partial charge < -0.3 is 9.73 Å². The molecule has 0 spiro atoms. The first kappa shape index (κ1) is 18.1. The smallest absolute Gasteiger partial charge is 0.416 e. The Balaban J connectivity index is 1.52. The maximum Gasteiger partial charge on any atom is 0.416 e. The van der Waals surface area contributed by atoms with Gasteiger partial charge in [0.2, 0.25) is 11.7 Å². The summed E-state index contributed by atoms with van der Waals surface area (Å²) >= 11 is 0. The van der Waals surface area contributed by atoms with Crippen LogP contribution in [0.25, 0.3) is 11.6 Å². The number of alkyl halides is 3. The molecule has 2 heterocycles. The monoisotopic (exact) mass is 392 g/mol. The lowest BCUT2D eigenvalue weighted by Gasteiger charge is -2.08. The summed E-state index contributed by atoms with van der Waals surface area (Å²) in [5, 5.41) is 6.67. The van der Waals surface area contributed by atoms with Crippen LogP contribution in [0.15, 0.2) is 51.9 Å². The van der Waals surface area contributed by atoms with Gasteiger partial charge >= 0.3 is 11.9 Å². The lowest BCUT2D eigenvalue weighted by Crippen LogP contribution is -2.30. The number of nitrogens with zero attached hydrogens (tertiary/aromatic N) is 3. The van der Waals surface area contributed by atoms with Crippen LogP contribution in [0.3, 0.4) is 0 Å². The van der Waals surface area contributed by atoms with Gasteiger partial charge in [0.05, 0.1) is 11.8 Å². The molecule has 1 amide bonds. The molecule has 0 aliphatic heterocycles. The number of benzene rings is 1. The van der Waals surface area contributed by atoms with Crippen LogP contribution in [0.1, 0.15) is 24.4 Å². The molecule has 2 aromatic heterocycles. The summed E-state index contributed by atoms with van der Waals surface area (Å²) in [6.07, 6.45) is -1.30. The topological polar surface area (TPSA) is 82.1 Å². The van der Waals surface area contributed by atoms with Crippen molar-refractivity contribution in [2.75, 3.05) is 5.32 Å². The number of furan rings is 1. The van der Waals surface area contributed by atoms with Gasteiger partial charge in [0.1, 0.15) is 6.54 Å². The predicted octanol–water partition coefficient (Wildman–Crippen LogP) is 3.30. The molecule has 10 heteroatoms. The highest BCUT2D eigenvalue weighted by molar-refractivity contribution is 5.90. The zero-order valence-corrected chi connectivity index (χ0v) is 14.4. The van der Waals surface area contributed by atoms with Crippen molar-refractivity contribution in [3.63, 3.8) is 0 Å². The zero-order chi connectivity index (χ0) is 19.9. The standard InChI is InChI=1S/C18H15F3N4O3/c19-18(20,21)11-3-5-12(6-4-11)22-15(26)10-24-17(27)25(13-7-8-13)16(23-24)14-2-1-9-28-14/h1-6,9,13H,7-8,10H2,(H,22,26). The molecular formula is C18H15F3N4O3. The quantitative estimate of drug-likeness (QED) is 0.722. The largest absolute Gasteiger partial charge is 0.461 e. The number of nitrogens with one attached hydrogen (secondary N) is 1. The second kappa shape index (κ2) is 6.70. The summed E-state index contributed by atoms with van der Waals surface area (Å²) in [4.78, 5) is 24.9. The minimum Gasteiger partial charge on any atom is -0.461 e. The number of anilines is 1. The molecular weight excluding hydrogens is 377 g/mol. The molecule has 0 radical (unpaired) electrons. The number of carbonyl (C=O) groups is 1. The molecule has 1 aromatic carbocycles.